The molecule has 0 saturated carbocycles. The molecule has 0 bridgehead atoms. The fourth-order valence-corrected chi connectivity index (χ4v) is 1.14. The fourth-order valence-electron chi connectivity index (χ4n) is 1.02. The van der Waals surface area contributed by atoms with E-state index in [2.05, 4.69) is 17.2 Å². The molecule has 0 N–H and O–H groups in total. The Morgan fingerprint density at radius 2 is 2.36 bits per heavy atom. The van der Waals surface area contributed by atoms with Crippen molar-refractivity contribution in [3.8, 4) is 0 Å². The molecule has 14 heavy (non-hydrogen) atoms. The van der Waals surface area contributed by atoms with Crippen molar-refractivity contribution in [2.24, 2.45) is 0 Å². The van der Waals surface area contributed by atoms with Crippen LogP contribution < -0.4 is 0 Å². The molecule has 0 aliphatic carbocycles. The molecule has 1 aromatic heterocycles. The number of rotatable bonds is 7. The summed E-state index contributed by atoms with van der Waals surface area (Å²) in [4.78, 5) is 0. The molecule has 0 radical (unpaired) electrons. The van der Waals surface area contributed by atoms with Crippen molar-refractivity contribution in [1.29, 1.82) is 0 Å². The first-order chi connectivity index (χ1) is 6.86. The van der Waals surface area contributed by atoms with E-state index in [1.807, 2.05) is 6.20 Å². The van der Waals surface area contributed by atoms with E-state index >= 15 is 0 Å². The van der Waals surface area contributed by atoms with Crippen LogP contribution in [0.15, 0.2) is 6.20 Å². The van der Waals surface area contributed by atoms with Crippen molar-refractivity contribution < 1.29 is 4.74 Å². The maximum atomic E-state index is 5.60. The molecular formula is C9H16ClN3O. The Morgan fingerprint density at radius 3 is 3.00 bits per heavy atom. The van der Waals surface area contributed by atoms with Crippen LogP contribution in [0.1, 0.15) is 25.5 Å². The van der Waals surface area contributed by atoms with Gasteiger partial charge < -0.3 is 4.74 Å². The van der Waals surface area contributed by atoms with Crippen LogP contribution in [0.3, 0.4) is 0 Å². The van der Waals surface area contributed by atoms with Crippen LogP contribution >= 0.6 is 11.6 Å². The van der Waals surface area contributed by atoms with E-state index in [0.29, 0.717) is 12.5 Å². The minimum atomic E-state index is 0.413. The lowest BCUT2D eigenvalue weighted by atomic mass is 10.4. The minimum Gasteiger partial charge on any atom is -0.380 e. The summed E-state index contributed by atoms with van der Waals surface area (Å²) in [5.74, 6) is 0.413. The maximum absolute atomic E-state index is 5.60. The molecule has 1 aromatic rings. The predicted octanol–water partition coefficient (Wildman–Crippen LogP) is 1.83. The van der Waals surface area contributed by atoms with Crippen molar-refractivity contribution in [2.75, 3.05) is 13.2 Å². The van der Waals surface area contributed by atoms with Crippen molar-refractivity contribution in [3.05, 3.63) is 11.9 Å². The second-order valence-electron chi connectivity index (χ2n) is 3.07. The number of unbranched alkanes of at least 4 members (excludes halogenated alkanes) is 1. The second-order valence-corrected chi connectivity index (χ2v) is 3.34. The van der Waals surface area contributed by atoms with Crippen molar-refractivity contribution >= 4 is 11.6 Å². The normalized spacial score (nSPS) is 10.7. The van der Waals surface area contributed by atoms with Gasteiger partial charge in [-0.25, -0.2) is 4.68 Å². The van der Waals surface area contributed by atoms with E-state index in [9.17, 15) is 0 Å². The summed E-state index contributed by atoms with van der Waals surface area (Å²) in [5, 5.41) is 7.78. The van der Waals surface area contributed by atoms with Gasteiger partial charge in [-0.3, -0.25) is 0 Å². The molecule has 0 fully saturated rings. The van der Waals surface area contributed by atoms with E-state index in [0.717, 1.165) is 25.3 Å². The van der Waals surface area contributed by atoms with Gasteiger partial charge >= 0.3 is 0 Å². The van der Waals surface area contributed by atoms with Crippen LogP contribution in [0.5, 0.6) is 0 Å². The average molecular weight is 218 g/mol. The van der Waals surface area contributed by atoms with E-state index < -0.39 is 0 Å². The highest BCUT2D eigenvalue weighted by molar-refractivity contribution is 6.16. The molecule has 0 aliphatic heterocycles. The zero-order chi connectivity index (χ0) is 10.2. The van der Waals surface area contributed by atoms with E-state index in [1.165, 1.54) is 6.42 Å². The first-order valence-electron chi connectivity index (χ1n) is 4.89. The zero-order valence-electron chi connectivity index (χ0n) is 8.45. The molecule has 0 aliphatic rings. The van der Waals surface area contributed by atoms with Crippen LogP contribution in [0, 0.1) is 0 Å². The molecule has 1 rings (SSSR count). The number of ether oxygens (including phenoxy) is 1. The third kappa shape index (κ3) is 4.07. The largest absolute Gasteiger partial charge is 0.380 e. The maximum Gasteiger partial charge on any atom is 0.0974 e. The Morgan fingerprint density at radius 1 is 1.50 bits per heavy atom. The number of halogens is 1. The van der Waals surface area contributed by atoms with Gasteiger partial charge in [0.2, 0.25) is 0 Å². The van der Waals surface area contributed by atoms with Gasteiger partial charge in [0, 0.05) is 12.8 Å². The van der Waals surface area contributed by atoms with Gasteiger partial charge in [-0.1, -0.05) is 18.6 Å². The summed E-state index contributed by atoms with van der Waals surface area (Å²) >= 11 is 5.60. The van der Waals surface area contributed by atoms with Crippen LogP contribution in [-0.2, 0) is 17.2 Å². The lowest BCUT2D eigenvalue weighted by Gasteiger charge is -2.02. The van der Waals surface area contributed by atoms with Crippen molar-refractivity contribution in [2.45, 2.75) is 32.2 Å². The van der Waals surface area contributed by atoms with Gasteiger partial charge in [-0.05, 0) is 6.42 Å². The molecule has 0 aromatic carbocycles. The third-order valence-electron chi connectivity index (χ3n) is 1.83. The first kappa shape index (κ1) is 11.5. The monoisotopic (exact) mass is 217 g/mol. The number of aromatic nitrogens is 3. The molecular weight excluding hydrogens is 202 g/mol. The van der Waals surface area contributed by atoms with Crippen LogP contribution in [0.2, 0.25) is 0 Å². The highest BCUT2D eigenvalue weighted by Gasteiger charge is 1.98. The third-order valence-corrected chi connectivity index (χ3v) is 2.10. The molecule has 5 heteroatoms. The highest BCUT2D eigenvalue weighted by Crippen LogP contribution is 1.97. The second kappa shape index (κ2) is 6.79. The minimum absolute atomic E-state index is 0.413. The summed E-state index contributed by atoms with van der Waals surface area (Å²) < 4.78 is 7.15. The van der Waals surface area contributed by atoms with Crippen LogP contribution in [0.25, 0.3) is 0 Å². The molecule has 0 unspecified atom stereocenters. The lowest BCUT2D eigenvalue weighted by Crippen LogP contribution is -2.07. The lowest BCUT2D eigenvalue weighted by molar-refractivity contribution is 0.120. The quantitative estimate of drug-likeness (QED) is 0.517. The Labute approximate surface area is 89.2 Å². The summed E-state index contributed by atoms with van der Waals surface area (Å²) in [6, 6.07) is 0. The van der Waals surface area contributed by atoms with Gasteiger partial charge in [0.1, 0.15) is 0 Å². The summed E-state index contributed by atoms with van der Waals surface area (Å²) in [5.41, 5.74) is 0.806. The Kier molecular flexibility index (Phi) is 5.56. The topological polar surface area (TPSA) is 39.9 Å². The van der Waals surface area contributed by atoms with Crippen molar-refractivity contribution in [3.63, 3.8) is 0 Å². The van der Waals surface area contributed by atoms with Crippen LogP contribution in [0.4, 0.5) is 0 Å². The van der Waals surface area contributed by atoms with Gasteiger partial charge in [-0.2, -0.15) is 0 Å². The summed E-state index contributed by atoms with van der Waals surface area (Å²) in [6.07, 6.45) is 4.13. The van der Waals surface area contributed by atoms with Gasteiger partial charge in [-0.15, -0.1) is 16.7 Å². The van der Waals surface area contributed by atoms with Gasteiger partial charge in [0.15, 0.2) is 0 Å². The number of alkyl halides is 1. The SMILES string of the molecule is CCCCOCCn1cc(CCl)nn1. The van der Waals surface area contributed by atoms with Crippen LogP contribution in [-0.4, -0.2) is 28.2 Å². The van der Waals surface area contributed by atoms with E-state index in [-0.39, 0.29) is 0 Å². The first-order valence-corrected chi connectivity index (χ1v) is 5.43. The van der Waals surface area contributed by atoms with E-state index in [4.69, 9.17) is 16.3 Å². The Hall–Kier alpha value is -0.610. The molecule has 1 heterocycles. The molecule has 0 atom stereocenters. The Bertz CT molecular complexity index is 252. The molecule has 4 nitrogen and oxygen atoms in total. The standard InChI is InChI=1S/C9H16ClN3O/c1-2-3-5-14-6-4-13-8-9(7-10)11-12-13/h8H,2-7H2,1H3. The number of hydrogen-bond acceptors (Lipinski definition) is 3. The summed E-state index contributed by atoms with van der Waals surface area (Å²) in [6.45, 7) is 4.40. The molecule has 80 valence electrons. The summed E-state index contributed by atoms with van der Waals surface area (Å²) in [7, 11) is 0. The van der Waals surface area contributed by atoms with Crippen molar-refractivity contribution in [1.82, 2.24) is 15.0 Å². The smallest absolute Gasteiger partial charge is 0.0974 e. The molecule has 0 amide bonds. The zero-order valence-corrected chi connectivity index (χ0v) is 9.20. The number of hydrogen-bond donors (Lipinski definition) is 0. The fraction of sp³-hybridized carbons (Fsp3) is 0.778. The van der Waals surface area contributed by atoms with Gasteiger partial charge in [0.05, 0.1) is 24.7 Å². The average Bonchev–Trinajstić information content (AvgIpc) is 2.65. The Balaban J connectivity index is 2.12. The highest BCUT2D eigenvalue weighted by atomic mass is 35.5. The number of nitrogens with zero attached hydrogens (tertiary/aromatic N) is 3. The van der Waals surface area contributed by atoms with E-state index in [1.54, 1.807) is 4.68 Å². The predicted molar refractivity (Wildman–Crippen MR) is 55.3 cm³/mol. The van der Waals surface area contributed by atoms with Gasteiger partial charge in [0.25, 0.3) is 0 Å². The molecule has 0 saturated heterocycles. The molecule has 0 spiro atoms.